The first-order chi connectivity index (χ1) is 8.28. The fourth-order valence-electron chi connectivity index (χ4n) is 2.17. The minimum Gasteiger partial charge on any atom is -0.481 e. The molecule has 1 rings (SSSR count). The fourth-order valence-corrected chi connectivity index (χ4v) is 2.17. The molecule has 0 unspecified atom stereocenters. The minimum atomic E-state index is -0.729. The van der Waals surface area contributed by atoms with Crippen molar-refractivity contribution in [3.05, 3.63) is 0 Å². The van der Waals surface area contributed by atoms with Crippen molar-refractivity contribution >= 4 is 12.1 Å². The molecule has 0 aromatic carbocycles. The van der Waals surface area contributed by atoms with Gasteiger partial charge in [-0.15, -0.1) is 0 Å². The summed E-state index contributed by atoms with van der Waals surface area (Å²) >= 11 is 0. The number of hydrogen-bond donors (Lipinski definition) is 2. The van der Waals surface area contributed by atoms with Gasteiger partial charge in [0.2, 0.25) is 0 Å². The zero-order valence-corrected chi connectivity index (χ0v) is 11.4. The molecule has 0 aliphatic heterocycles. The smallest absolute Gasteiger partial charge is 0.407 e. The quantitative estimate of drug-likeness (QED) is 0.745. The molecular weight excluding hydrogens is 234 g/mol. The van der Waals surface area contributed by atoms with Crippen LogP contribution in [0.15, 0.2) is 0 Å². The topological polar surface area (TPSA) is 75.6 Å². The summed E-state index contributed by atoms with van der Waals surface area (Å²) in [5.41, 5.74) is -0.502. The number of carboxylic acid groups (broad SMARTS) is 1. The highest BCUT2D eigenvalue weighted by atomic mass is 16.6. The van der Waals surface area contributed by atoms with Crippen molar-refractivity contribution in [2.24, 2.45) is 5.92 Å². The maximum Gasteiger partial charge on any atom is 0.407 e. The van der Waals surface area contributed by atoms with Gasteiger partial charge in [0, 0.05) is 6.04 Å². The van der Waals surface area contributed by atoms with Gasteiger partial charge in [-0.05, 0) is 46.5 Å². The maximum atomic E-state index is 11.6. The average molecular weight is 257 g/mol. The molecular formula is C13H23NO4. The molecule has 1 aliphatic carbocycles. The van der Waals surface area contributed by atoms with Crippen LogP contribution in [0.2, 0.25) is 0 Å². The first-order valence-electron chi connectivity index (χ1n) is 6.50. The molecule has 104 valence electrons. The number of carboxylic acids is 1. The molecule has 1 fully saturated rings. The molecule has 0 aromatic heterocycles. The number of aliphatic carboxylic acids is 1. The first-order valence-corrected chi connectivity index (χ1v) is 6.50. The summed E-state index contributed by atoms with van der Waals surface area (Å²) in [5, 5.41) is 11.8. The molecule has 0 bridgehead atoms. The van der Waals surface area contributed by atoms with Crippen molar-refractivity contribution < 1.29 is 19.4 Å². The Morgan fingerprint density at radius 1 is 1.17 bits per heavy atom. The van der Waals surface area contributed by atoms with Crippen LogP contribution in [0, 0.1) is 5.92 Å². The second-order valence-corrected chi connectivity index (χ2v) is 5.89. The van der Waals surface area contributed by atoms with Gasteiger partial charge in [-0.1, -0.05) is 6.42 Å². The summed E-state index contributed by atoms with van der Waals surface area (Å²) < 4.78 is 5.19. The number of hydrogen-bond acceptors (Lipinski definition) is 3. The van der Waals surface area contributed by atoms with E-state index in [1.807, 2.05) is 20.8 Å². The Kier molecular flexibility index (Phi) is 4.99. The van der Waals surface area contributed by atoms with Crippen LogP contribution in [-0.4, -0.2) is 28.8 Å². The van der Waals surface area contributed by atoms with Gasteiger partial charge in [0.25, 0.3) is 0 Å². The van der Waals surface area contributed by atoms with Crippen LogP contribution in [0.4, 0.5) is 4.79 Å². The Morgan fingerprint density at radius 2 is 1.83 bits per heavy atom. The monoisotopic (exact) mass is 257 g/mol. The van der Waals surface area contributed by atoms with E-state index >= 15 is 0 Å². The minimum absolute atomic E-state index is 0.0317. The van der Waals surface area contributed by atoms with Gasteiger partial charge in [-0.2, -0.15) is 0 Å². The molecule has 0 saturated heterocycles. The highest BCUT2D eigenvalue weighted by Gasteiger charge is 2.25. The van der Waals surface area contributed by atoms with E-state index in [0.717, 1.165) is 12.8 Å². The number of nitrogens with one attached hydrogen (secondary N) is 1. The summed E-state index contributed by atoms with van der Waals surface area (Å²) in [6.45, 7) is 5.46. The van der Waals surface area contributed by atoms with E-state index in [1.165, 1.54) is 0 Å². The number of ether oxygens (including phenoxy) is 1. The van der Waals surface area contributed by atoms with Gasteiger partial charge in [0.1, 0.15) is 5.60 Å². The lowest BCUT2D eigenvalue weighted by Gasteiger charge is -2.22. The van der Waals surface area contributed by atoms with Crippen LogP contribution in [0.3, 0.4) is 0 Å². The van der Waals surface area contributed by atoms with Crippen molar-refractivity contribution in [2.45, 2.75) is 64.5 Å². The van der Waals surface area contributed by atoms with Crippen molar-refractivity contribution in [1.29, 1.82) is 0 Å². The zero-order valence-electron chi connectivity index (χ0n) is 11.4. The third kappa shape index (κ3) is 5.38. The number of carbonyl (C=O) groups excluding carboxylic acids is 1. The highest BCUT2D eigenvalue weighted by Crippen LogP contribution is 2.23. The Bertz CT molecular complexity index is 309. The molecule has 1 saturated carbocycles. The van der Waals surface area contributed by atoms with Gasteiger partial charge in [-0.3, -0.25) is 4.79 Å². The third-order valence-electron chi connectivity index (χ3n) is 3.04. The lowest BCUT2D eigenvalue weighted by atomic mass is 10.0. The molecule has 0 spiro atoms. The predicted molar refractivity (Wildman–Crippen MR) is 67.4 cm³/mol. The van der Waals surface area contributed by atoms with Crippen molar-refractivity contribution in [2.75, 3.05) is 0 Å². The summed E-state index contributed by atoms with van der Waals surface area (Å²) in [6.07, 6.45) is 3.26. The number of rotatable bonds is 2. The summed E-state index contributed by atoms with van der Waals surface area (Å²) in [4.78, 5) is 22.5. The Labute approximate surface area is 108 Å². The fraction of sp³-hybridized carbons (Fsp3) is 0.846. The lowest BCUT2D eigenvalue weighted by Crippen LogP contribution is -2.38. The number of carbonyl (C=O) groups is 2. The average Bonchev–Trinajstić information content (AvgIpc) is 2.40. The van der Waals surface area contributed by atoms with Crippen LogP contribution < -0.4 is 5.32 Å². The molecule has 1 amide bonds. The molecule has 0 heterocycles. The second-order valence-electron chi connectivity index (χ2n) is 5.89. The van der Waals surface area contributed by atoms with E-state index in [0.29, 0.717) is 19.3 Å². The van der Waals surface area contributed by atoms with E-state index in [9.17, 15) is 9.59 Å². The lowest BCUT2D eigenvalue weighted by molar-refractivity contribution is -0.142. The Hall–Kier alpha value is -1.26. The third-order valence-corrected chi connectivity index (χ3v) is 3.04. The van der Waals surface area contributed by atoms with E-state index in [1.54, 1.807) is 0 Å². The van der Waals surface area contributed by atoms with Gasteiger partial charge < -0.3 is 15.2 Å². The van der Waals surface area contributed by atoms with Gasteiger partial charge in [0.05, 0.1) is 5.92 Å². The highest BCUT2D eigenvalue weighted by molar-refractivity contribution is 5.70. The second kappa shape index (κ2) is 6.07. The summed E-state index contributed by atoms with van der Waals surface area (Å²) in [5.74, 6) is -0.997. The summed E-state index contributed by atoms with van der Waals surface area (Å²) in [7, 11) is 0. The van der Waals surface area contributed by atoms with Crippen molar-refractivity contribution in [3.8, 4) is 0 Å². The number of alkyl carbamates (subject to hydrolysis) is 1. The van der Waals surface area contributed by atoms with Gasteiger partial charge in [-0.25, -0.2) is 4.79 Å². The Morgan fingerprint density at radius 3 is 2.39 bits per heavy atom. The summed E-state index contributed by atoms with van der Waals surface area (Å²) in [6, 6.07) is 0.0317. The molecule has 5 heteroatoms. The van der Waals surface area contributed by atoms with Gasteiger partial charge >= 0.3 is 12.1 Å². The molecule has 1 aliphatic rings. The van der Waals surface area contributed by atoms with Crippen LogP contribution in [0.5, 0.6) is 0 Å². The molecule has 5 nitrogen and oxygen atoms in total. The maximum absolute atomic E-state index is 11.6. The largest absolute Gasteiger partial charge is 0.481 e. The zero-order chi connectivity index (χ0) is 13.8. The van der Waals surface area contributed by atoms with Crippen molar-refractivity contribution in [3.63, 3.8) is 0 Å². The Balaban J connectivity index is 2.40. The van der Waals surface area contributed by atoms with Crippen LogP contribution in [-0.2, 0) is 9.53 Å². The van der Waals surface area contributed by atoms with E-state index in [4.69, 9.17) is 9.84 Å². The van der Waals surface area contributed by atoms with Gasteiger partial charge in [0.15, 0.2) is 0 Å². The normalized spacial score (nSPS) is 25.1. The molecule has 2 N–H and O–H groups in total. The molecule has 2 atom stereocenters. The number of amides is 1. The SMILES string of the molecule is CC(C)(C)OC(=O)N[C@@H]1CCC[C@@H](C(=O)O)CC1. The van der Waals surface area contributed by atoms with E-state index in [-0.39, 0.29) is 12.0 Å². The van der Waals surface area contributed by atoms with Crippen LogP contribution in [0.25, 0.3) is 0 Å². The van der Waals surface area contributed by atoms with Crippen LogP contribution in [0.1, 0.15) is 52.9 Å². The standard InChI is InChI=1S/C13H23NO4/c1-13(2,3)18-12(17)14-10-6-4-5-9(7-8-10)11(15)16/h9-10H,4-8H2,1-3H3,(H,14,17)(H,15,16)/t9-,10-/m1/s1. The molecule has 0 radical (unpaired) electrons. The van der Waals surface area contributed by atoms with Crippen LogP contribution >= 0.6 is 0 Å². The first kappa shape index (κ1) is 14.8. The van der Waals surface area contributed by atoms with Crippen molar-refractivity contribution in [1.82, 2.24) is 5.32 Å². The predicted octanol–water partition coefficient (Wildman–Crippen LogP) is 2.54. The molecule has 18 heavy (non-hydrogen) atoms. The van der Waals surface area contributed by atoms with E-state index in [2.05, 4.69) is 5.32 Å². The molecule has 0 aromatic rings. The van der Waals surface area contributed by atoms with E-state index < -0.39 is 17.7 Å².